The van der Waals surface area contributed by atoms with Gasteiger partial charge in [-0.05, 0) is 69.0 Å². The van der Waals surface area contributed by atoms with Gasteiger partial charge in [-0.2, -0.15) is 0 Å². The Hall–Kier alpha value is -3.15. The second kappa shape index (κ2) is 9.17. The Morgan fingerprint density at radius 1 is 0.929 bits per heavy atom. The average Bonchev–Trinajstić information content (AvgIpc) is 2.64. The summed E-state index contributed by atoms with van der Waals surface area (Å²) in [5.41, 5.74) is 5.10. The summed E-state index contributed by atoms with van der Waals surface area (Å²) in [6.07, 6.45) is -0.981. The fraction of sp³-hybridized carbons (Fsp3) is 0.318. The molecule has 0 fully saturated rings. The first-order chi connectivity index (χ1) is 13.2. The molecule has 0 radical (unpaired) electrons. The highest BCUT2D eigenvalue weighted by Gasteiger charge is 2.19. The first-order valence-corrected chi connectivity index (χ1v) is 9.11. The summed E-state index contributed by atoms with van der Waals surface area (Å²) in [6, 6.07) is 11.0. The number of aryl methyl sites for hydroxylation is 4. The molecule has 0 unspecified atom stereocenters. The number of ether oxygens (including phenoxy) is 1. The number of nitrogens with one attached hydrogen (secondary N) is 2. The van der Waals surface area contributed by atoms with Crippen LogP contribution in [0, 0.1) is 27.7 Å². The quantitative estimate of drug-likeness (QED) is 0.752. The van der Waals surface area contributed by atoms with Gasteiger partial charge in [0.2, 0.25) is 0 Å². The maximum atomic E-state index is 12.3. The third-order valence-electron chi connectivity index (χ3n) is 4.57. The molecule has 0 aliphatic carbocycles. The zero-order valence-corrected chi connectivity index (χ0v) is 16.9. The van der Waals surface area contributed by atoms with Crippen molar-refractivity contribution >= 4 is 23.5 Å². The number of benzene rings is 2. The molecule has 0 saturated heterocycles. The van der Waals surface area contributed by atoms with E-state index in [0.29, 0.717) is 11.3 Å². The van der Waals surface area contributed by atoms with Crippen LogP contribution in [0.2, 0.25) is 0 Å². The molecular weight excluding hydrogens is 356 g/mol. The SMILES string of the molecule is Cc1ccc(C(=O)NCC(=O)O[C@@H](C)C(=O)Nc2c(C)cccc2C)cc1C. The van der Waals surface area contributed by atoms with Crippen LogP contribution in [0.25, 0.3) is 0 Å². The minimum absolute atomic E-state index is 0.313. The number of esters is 1. The molecule has 2 aromatic rings. The van der Waals surface area contributed by atoms with E-state index in [4.69, 9.17) is 4.74 Å². The number of amides is 2. The normalized spacial score (nSPS) is 11.5. The summed E-state index contributed by atoms with van der Waals surface area (Å²) in [4.78, 5) is 36.4. The molecule has 1 atom stereocenters. The topological polar surface area (TPSA) is 84.5 Å². The number of rotatable bonds is 6. The number of para-hydroxylation sites is 1. The van der Waals surface area contributed by atoms with Gasteiger partial charge in [-0.3, -0.25) is 14.4 Å². The summed E-state index contributed by atoms with van der Waals surface area (Å²) in [7, 11) is 0. The van der Waals surface area contributed by atoms with Crippen molar-refractivity contribution in [3.05, 3.63) is 64.2 Å². The molecule has 2 amide bonds. The van der Waals surface area contributed by atoms with Crippen LogP contribution in [0.3, 0.4) is 0 Å². The van der Waals surface area contributed by atoms with Crippen molar-refractivity contribution in [2.24, 2.45) is 0 Å². The van der Waals surface area contributed by atoms with E-state index >= 15 is 0 Å². The lowest BCUT2D eigenvalue weighted by Gasteiger charge is -2.16. The molecule has 6 nitrogen and oxygen atoms in total. The first kappa shape index (κ1) is 21.2. The van der Waals surface area contributed by atoms with Gasteiger partial charge < -0.3 is 15.4 Å². The van der Waals surface area contributed by atoms with Gasteiger partial charge in [-0.15, -0.1) is 0 Å². The summed E-state index contributed by atoms with van der Waals surface area (Å²) >= 11 is 0. The van der Waals surface area contributed by atoms with Crippen molar-refractivity contribution in [1.82, 2.24) is 5.32 Å². The molecule has 2 rings (SSSR count). The van der Waals surface area contributed by atoms with Gasteiger partial charge in [0.15, 0.2) is 6.10 Å². The van der Waals surface area contributed by atoms with Crippen LogP contribution in [0.1, 0.15) is 39.5 Å². The molecule has 0 heterocycles. The Balaban J connectivity index is 1.87. The number of anilines is 1. The summed E-state index contributed by atoms with van der Waals surface area (Å²) in [5, 5.41) is 5.29. The molecule has 0 aromatic heterocycles. The Kier molecular flexibility index (Phi) is 6.93. The minimum atomic E-state index is -0.981. The van der Waals surface area contributed by atoms with Crippen LogP contribution in [-0.4, -0.2) is 30.4 Å². The summed E-state index contributed by atoms with van der Waals surface area (Å²) in [6.45, 7) is 8.83. The van der Waals surface area contributed by atoms with Gasteiger partial charge >= 0.3 is 5.97 Å². The van der Waals surface area contributed by atoms with Gasteiger partial charge in [0.25, 0.3) is 11.8 Å². The highest BCUT2D eigenvalue weighted by molar-refractivity contribution is 5.98. The average molecular weight is 382 g/mol. The monoisotopic (exact) mass is 382 g/mol. The van der Waals surface area contributed by atoms with Crippen molar-refractivity contribution in [3.63, 3.8) is 0 Å². The maximum Gasteiger partial charge on any atom is 0.326 e. The van der Waals surface area contributed by atoms with Crippen molar-refractivity contribution in [3.8, 4) is 0 Å². The van der Waals surface area contributed by atoms with Crippen molar-refractivity contribution in [2.75, 3.05) is 11.9 Å². The highest BCUT2D eigenvalue weighted by Crippen LogP contribution is 2.19. The molecule has 0 spiro atoms. The van der Waals surface area contributed by atoms with Gasteiger partial charge in [0.1, 0.15) is 6.54 Å². The van der Waals surface area contributed by atoms with Crippen molar-refractivity contribution < 1.29 is 19.1 Å². The number of hydrogen-bond acceptors (Lipinski definition) is 4. The summed E-state index contributed by atoms with van der Waals surface area (Å²) < 4.78 is 5.13. The Morgan fingerprint density at radius 3 is 2.18 bits per heavy atom. The van der Waals surface area contributed by atoms with Gasteiger partial charge in [0.05, 0.1) is 0 Å². The van der Waals surface area contributed by atoms with Crippen LogP contribution >= 0.6 is 0 Å². The van der Waals surface area contributed by atoms with Crippen LogP contribution < -0.4 is 10.6 Å². The molecule has 2 N–H and O–H groups in total. The zero-order chi connectivity index (χ0) is 20.8. The lowest BCUT2D eigenvalue weighted by molar-refractivity contribution is -0.152. The van der Waals surface area contributed by atoms with Crippen LogP contribution in [0.15, 0.2) is 36.4 Å². The number of carbonyl (C=O) groups excluding carboxylic acids is 3. The molecule has 0 bridgehead atoms. The molecule has 0 aliphatic rings. The molecule has 6 heteroatoms. The molecule has 0 saturated carbocycles. The molecule has 148 valence electrons. The molecular formula is C22H26N2O4. The molecule has 2 aromatic carbocycles. The Bertz CT molecular complexity index is 885. The van der Waals surface area contributed by atoms with Gasteiger partial charge in [-0.1, -0.05) is 24.3 Å². The minimum Gasteiger partial charge on any atom is -0.451 e. The van der Waals surface area contributed by atoms with E-state index in [1.807, 2.05) is 52.0 Å². The van der Waals surface area contributed by atoms with E-state index in [1.54, 1.807) is 12.1 Å². The Morgan fingerprint density at radius 2 is 1.57 bits per heavy atom. The standard InChI is InChI=1S/C22H26N2O4/c1-13-9-10-18(11-16(13)4)22(27)23-12-19(25)28-17(5)21(26)24-20-14(2)7-6-8-15(20)3/h6-11,17H,12H2,1-5H3,(H,23,27)(H,24,26)/t17-/m0/s1. The van der Waals surface area contributed by atoms with Crippen LogP contribution in [0.5, 0.6) is 0 Å². The second-order valence-electron chi connectivity index (χ2n) is 6.87. The fourth-order valence-corrected chi connectivity index (χ4v) is 2.67. The smallest absolute Gasteiger partial charge is 0.326 e. The Labute approximate surface area is 165 Å². The van der Waals surface area contributed by atoms with E-state index in [1.165, 1.54) is 6.92 Å². The largest absolute Gasteiger partial charge is 0.451 e. The van der Waals surface area contributed by atoms with Crippen molar-refractivity contribution in [1.29, 1.82) is 0 Å². The fourth-order valence-electron chi connectivity index (χ4n) is 2.67. The lowest BCUT2D eigenvalue weighted by Crippen LogP contribution is -2.36. The van der Waals surface area contributed by atoms with Crippen molar-refractivity contribution in [2.45, 2.75) is 40.7 Å². The van der Waals surface area contributed by atoms with E-state index in [9.17, 15) is 14.4 Å². The third-order valence-corrected chi connectivity index (χ3v) is 4.57. The van der Waals surface area contributed by atoms with E-state index in [0.717, 1.165) is 22.3 Å². The summed E-state index contributed by atoms with van der Waals surface area (Å²) in [5.74, 6) is -1.47. The van der Waals surface area contributed by atoms with E-state index in [2.05, 4.69) is 10.6 Å². The van der Waals surface area contributed by atoms with E-state index in [-0.39, 0.29) is 12.5 Å². The lowest BCUT2D eigenvalue weighted by atomic mass is 10.1. The van der Waals surface area contributed by atoms with Crippen LogP contribution in [-0.2, 0) is 14.3 Å². The zero-order valence-electron chi connectivity index (χ0n) is 16.9. The van der Waals surface area contributed by atoms with E-state index < -0.39 is 18.0 Å². The molecule has 28 heavy (non-hydrogen) atoms. The number of hydrogen-bond donors (Lipinski definition) is 2. The predicted octanol–water partition coefficient (Wildman–Crippen LogP) is 3.22. The predicted molar refractivity (Wildman–Crippen MR) is 108 cm³/mol. The van der Waals surface area contributed by atoms with Crippen LogP contribution in [0.4, 0.5) is 5.69 Å². The second-order valence-corrected chi connectivity index (χ2v) is 6.87. The highest BCUT2D eigenvalue weighted by atomic mass is 16.5. The maximum absolute atomic E-state index is 12.3. The molecule has 0 aliphatic heterocycles. The first-order valence-electron chi connectivity index (χ1n) is 9.11. The van der Waals surface area contributed by atoms with Gasteiger partial charge in [0, 0.05) is 11.3 Å². The number of carbonyl (C=O) groups is 3. The third kappa shape index (κ3) is 5.42. The van der Waals surface area contributed by atoms with Gasteiger partial charge in [-0.25, -0.2) is 0 Å².